The van der Waals surface area contributed by atoms with Gasteiger partial charge in [0.05, 0.1) is 12.5 Å². The summed E-state index contributed by atoms with van der Waals surface area (Å²) in [7, 11) is -2.16. The highest BCUT2D eigenvalue weighted by Gasteiger charge is 2.39. The summed E-state index contributed by atoms with van der Waals surface area (Å²) in [5, 5.41) is 8.64. The van der Waals surface area contributed by atoms with E-state index in [0.29, 0.717) is 37.7 Å². The number of allylic oxidation sites excluding steroid dienone is 6. The van der Waals surface area contributed by atoms with E-state index in [9.17, 15) is 22.8 Å². The van der Waals surface area contributed by atoms with Crippen LogP contribution in [0.5, 0.6) is 0 Å². The molecule has 1 aliphatic carbocycles. The van der Waals surface area contributed by atoms with Crippen molar-refractivity contribution >= 4 is 20.1 Å². The molecule has 0 bridgehead atoms. The van der Waals surface area contributed by atoms with E-state index in [4.69, 9.17) is 9.53 Å². The predicted octanol–water partition coefficient (Wildman–Crippen LogP) is 7.55. The summed E-state index contributed by atoms with van der Waals surface area (Å²) in [6, 6.07) is 0. The number of alkyl halides is 3. The second kappa shape index (κ2) is 13.2. The number of ketones is 1. The maximum absolute atomic E-state index is 12.5. The van der Waals surface area contributed by atoms with Crippen molar-refractivity contribution in [1.82, 2.24) is 0 Å². The SMILES string of the molecule is CC(C)(C)[Si](C)(C)O[C@@H](C/C=C\CC(F)(F)F)C/C=C1/C(=O)C=C[C@@H]1C/C=C\CCCC(=O)O. The van der Waals surface area contributed by atoms with Gasteiger partial charge < -0.3 is 9.53 Å². The standard InChI is InChI=1S/C26H39F3O4Si/c1-25(2,3)34(4,5)33-21(13-10-11-19-26(27,28)29)16-17-22-20(15-18-23(22)30)12-8-6-7-9-14-24(31)32/h6,8,10-11,15,17-18,20-21H,7,9,12-14,16,19H2,1-5H3,(H,31,32)/b8-6-,11-10-,22-17+/t20-,21-/m0/s1. The number of unbranched alkanes of at least 4 members (excludes halogenated alkanes) is 1. The highest BCUT2D eigenvalue weighted by molar-refractivity contribution is 6.74. The number of rotatable bonds is 13. The van der Waals surface area contributed by atoms with E-state index in [1.54, 1.807) is 6.08 Å². The molecule has 0 saturated heterocycles. The third-order valence-electron chi connectivity index (χ3n) is 6.27. The first kappa shape index (κ1) is 30.1. The number of aliphatic carboxylic acids is 1. The fourth-order valence-corrected chi connectivity index (χ4v) is 4.66. The molecule has 0 spiro atoms. The molecule has 2 atom stereocenters. The Morgan fingerprint density at radius 1 is 1.15 bits per heavy atom. The maximum atomic E-state index is 12.5. The van der Waals surface area contributed by atoms with Gasteiger partial charge >= 0.3 is 12.1 Å². The van der Waals surface area contributed by atoms with Crippen LogP contribution in [-0.2, 0) is 14.0 Å². The number of hydrogen-bond donors (Lipinski definition) is 1. The Morgan fingerprint density at radius 2 is 1.82 bits per heavy atom. The summed E-state index contributed by atoms with van der Waals surface area (Å²) >= 11 is 0. The summed E-state index contributed by atoms with van der Waals surface area (Å²) in [6.07, 6.45) is 9.16. The van der Waals surface area contributed by atoms with Crippen molar-refractivity contribution in [3.05, 3.63) is 48.1 Å². The molecule has 0 aliphatic heterocycles. The Kier molecular flexibility index (Phi) is 11.7. The molecule has 0 aromatic rings. The molecule has 1 N–H and O–H groups in total. The maximum Gasteiger partial charge on any atom is 0.392 e. The molecule has 34 heavy (non-hydrogen) atoms. The molecule has 8 heteroatoms. The third kappa shape index (κ3) is 11.5. The minimum absolute atomic E-state index is 0.0488. The summed E-state index contributed by atoms with van der Waals surface area (Å²) in [6.45, 7) is 10.5. The molecule has 0 aromatic carbocycles. The molecule has 0 heterocycles. The van der Waals surface area contributed by atoms with Gasteiger partial charge in [0.25, 0.3) is 0 Å². The normalized spacial score (nSPS) is 19.7. The Bertz CT molecular complexity index is 802. The van der Waals surface area contributed by atoms with Gasteiger partial charge in [0.2, 0.25) is 0 Å². The average molecular weight is 501 g/mol. The van der Waals surface area contributed by atoms with Crippen LogP contribution in [-0.4, -0.2) is 37.5 Å². The van der Waals surface area contributed by atoms with Crippen molar-refractivity contribution in [2.75, 3.05) is 0 Å². The number of hydrogen-bond acceptors (Lipinski definition) is 3. The summed E-state index contributed by atoms with van der Waals surface area (Å²) in [5.41, 5.74) is 0.679. The predicted molar refractivity (Wildman–Crippen MR) is 132 cm³/mol. The van der Waals surface area contributed by atoms with Crippen molar-refractivity contribution in [3.63, 3.8) is 0 Å². The van der Waals surface area contributed by atoms with Gasteiger partial charge in [0.1, 0.15) is 0 Å². The van der Waals surface area contributed by atoms with Gasteiger partial charge in [-0.15, -0.1) is 0 Å². The fraction of sp³-hybridized carbons (Fsp3) is 0.615. The Morgan fingerprint density at radius 3 is 2.41 bits per heavy atom. The average Bonchev–Trinajstić information content (AvgIpc) is 3.03. The van der Waals surface area contributed by atoms with E-state index in [1.807, 2.05) is 24.3 Å². The first-order chi connectivity index (χ1) is 15.6. The number of carboxylic acids is 1. The van der Waals surface area contributed by atoms with Crippen LogP contribution in [0.3, 0.4) is 0 Å². The molecular weight excluding hydrogens is 461 g/mol. The minimum Gasteiger partial charge on any atom is -0.481 e. The third-order valence-corrected chi connectivity index (χ3v) is 10.8. The summed E-state index contributed by atoms with van der Waals surface area (Å²) in [5.74, 6) is -0.925. The Balaban J connectivity index is 2.86. The van der Waals surface area contributed by atoms with Crippen LogP contribution in [0.1, 0.15) is 65.7 Å². The van der Waals surface area contributed by atoms with Crippen LogP contribution < -0.4 is 0 Å². The summed E-state index contributed by atoms with van der Waals surface area (Å²) < 4.78 is 43.9. The first-order valence-corrected chi connectivity index (χ1v) is 14.7. The number of carboxylic acid groups (broad SMARTS) is 1. The first-order valence-electron chi connectivity index (χ1n) is 11.8. The van der Waals surface area contributed by atoms with E-state index < -0.39 is 26.9 Å². The molecule has 0 fully saturated rings. The lowest BCUT2D eigenvalue weighted by Crippen LogP contribution is -2.43. The van der Waals surface area contributed by atoms with Crippen molar-refractivity contribution in [2.24, 2.45) is 5.92 Å². The van der Waals surface area contributed by atoms with Crippen molar-refractivity contribution in [2.45, 2.75) is 96.1 Å². The molecule has 1 rings (SSSR count). The monoisotopic (exact) mass is 500 g/mol. The Labute approximate surface area is 202 Å². The van der Waals surface area contributed by atoms with Gasteiger partial charge in [0, 0.05) is 17.9 Å². The molecule has 0 saturated carbocycles. The Hall–Kier alpha value is -1.93. The van der Waals surface area contributed by atoms with Crippen molar-refractivity contribution in [1.29, 1.82) is 0 Å². The van der Waals surface area contributed by atoms with Gasteiger partial charge in [-0.25, -0.2) is 0 Å². The molecule has 0 amide bonds. The smallest absolute Gasteiger partial charge is 0.392 e. The lowest BCUT2D eigenvalue weighted by molar-refractivity contribution is -0.137. The molecule has 0 radical (unpaired) electrons. The zero-order valence-electron chi connectivity index (χ0n) is 21.0. The molecular formula is C26H39F3O4Si. The van der Waals surface area contributed by atoms with Gasteiger partial charge in [-0.2, -0.15) is 13.2 Å². The fourth-order valence-electron chi connectivity index (χ4n) is 3.28. The van der Waals surface area contributed by atoms with Crippen LogP contribution in [0.25, 0.3) is 0 Å². The lowest BCUT2D eigenvalue weighted by atomic mass is 9.96. The molecule has 192 valence electrons. The highest BCUT2D eigenvalue weighted by atomic mass is 28.4. The molecule has 1 aliphatic rings. The minimum atomic E-state index is -4.23. The van der Waals surface area contributed by atoms with Crippen LogP contribution >= 0.6 is 0 Å². The quantitative estimate of drug-likeness (QED) is 0.123. The van der Waals surface area contributed by atoms with E-state index >= 15 is 0 Å². The summed E-state index contributed by atoms with van der Waals surface area (Å²) in [4.78, 5) is 23.0. The second-order valence-electron chi connectivity index (χ2n) is 10.2. The van der Waals surface area contributed by atoms with Gasteiger partial charge in [-0.3, -0.25) is 9.59 Å². The number of halogens is 3. The van der Waals surface area contributed by atoms with Crippen LogP contribution in [0.15, 0.2) is 48.1 Å². The highest BCUT2D eigenvalue weighted by Crippen LogP contribution is 2.38. The van der Waals surface area contributed by atoms with Crippen LogP contribution in [0, 0.1) is 5.92 Å². The van der Waals surface area contributed by atoms with Gasteiger partial charge in [0.15, 0.2) is 14.1 Å². The van der Waals surface area contributed by atoms with Crippen LogP contribution in [0.4, 0.5) is 13.2 Å². The van der Waals surface area contributed by atoms with E-state index in [-0.39, 0.29) is 29.3 Å². The zero-order valence-corrected chi connectivity index (χ0v) is 22.0. The zero-order chi connectivity index (χ0) is 26.0. The number of carbonyl (C=O) groups is 2. The van der Waals surface area contributed by atoms with Gasteiger partial charge in [-0.05, 0) is 56.3 Å². The van der Waals surface area contributed by atoms with E-state index in [2.05, 4.69) is 33.9 Å². The topological polar surface area (TPSA) is 63.6 Å². The molecule has 0 unspecified atom stereocenters. The van der Waals surface area contributed by atoms with Gasteiger partial charge in [-0.1, -0.05) is 57.2 Å². The van der Waals surface area contributed by atoms with Crippen molar-refractivity contribution < 1.29 is 32.3 Å². The van der Waals surface area contributed by atoms with E-state index in [0.717, 1.165) is 6.08 Å². The second-order valence-corrected chi connectivity index (χ2v) is 15.0. The molecule has 4 nitrogen and oxygen atoms in total. The van der Waals surface area contributed by atoms with E-state index in [1.165, 1.54) is 6.08 Å². The lowest BCUT2D eigenvalue weighted by Gasteiger charge is -2.39. The number of carbonyl (C=O) groups excluding carboxylic acids is 1. The van der Waals surface area contributed by atoms with Crippen LogP contribution in [0.2, 0.25) is 18.1 Å². The van der Waals surface area contributed by atoms with Crippen molar-refractivity contribution in [3.8, 4) is 0 Å². The largest absolute Gasteiger partial charge is 0.481 e. The molecule has 0 aromatic heterocycles.